The van der Waals surface area contributed by atoms with Crippen LogP contribution in [0.2, 0.25) is 6.82 Å². The zero-order valence-corrected chi connectivity index (χ0v) is 18.3. The predicted molar refractivity (Wildman–Crippen MR) is 125 cm³/mol. The Kier molecular flexibility index (Phi) is 7.20. The molecule has 0 bridgehead atoms. The van der Waals surface area contributed by atoms with Gasteiger partial charge in [-0.15, -0.1) is 11.3 Å². The molecule has 2 N–H and O–H groups in total. The maximum Gasteiger partial charge on any atom is 0.253 e. The first-order valence-electron chi connectivity index (χ1n) is 9.70. The summed E-state index contributed by atoms with van der Waals surface area (Å²) in [5.74, 6) is -0.723. The maximum absolute atomic E-state index is 12.2. The number of carbonyl (C=O) groups is 3. The van der Waals surface area contributed by atoms with Gasteiger partial charge in [0.05, 0.1) is 17.8 Å². The molecule has 7 nitrogen and oxygen atoms in total. The number of Topliss-reactive ketones (excluding diaryl/α,β-unsaturated/α-hetero) is 1. The fraction of sp³-hybridized carbons (Fsp3) is 0.182. The van der Waals surface area contributed by atoms with E-state index in [1.165, 1.54) is 18.3 Å². The van der Waals surface area contributed by atoms with Gasteiger partial charge < -0.3 is 15.1 Å². The van der Waals surface area contributed by atoms with Gasteiger partial charge in [-0.05, 0) is 37.7 Å². The van der Waals surface area contributed by atoms with Crippen LogP contribution in [0.1, 0.15) is 40.1 Å². The molecule has 31 heavy (non-hydrogen) atoms. The van der Waals surface area contributed by atoms with Gasteiger partial charge in [0, 0.05) is 22.7 Å². The number of ketones is 1. The summed E-state index contributed by atoms with van der Waals surface area (Å²) in [4.78, 5) is 40.7. The lowest BCUT2D eigenvalue weighted by atomic mass is 9.99. The molecule has 0 spiro atoms. The van der Waals surface area contributed by atoms with Crippen molar-refractivity contribution in [3.05, 3.63) is 64.8 Å². The van der Waals surface area contributed by atoms with Gasteiger partial charge in [0.25, 0.3) is 5.91 Å². The van der Waals surface area contributed by atoms with Crippen molar-refractivity contribution < 1.29 is 14.4 Å². The van der Waals surface area contributed by atoms with Crippen LogP contribution in [-0.2, 0) is 4.79 Å². The number of nitrogens with zero attached hydrogens (tertiary/aromatic N) is 2. The van der Waals surface area contributed by atoms with Crippen molar-refractivity contribution in [2.24, 2.45) is 0 Å². The standard InChI is InChI=1S/C22H22BN4O3S/c1-4-5-15-6-7-16(10-18(15)14(2)28)19-13-31-22(25-19)26-20(29)11-24-21(30)17-8-9-27(12-17)23-3/h4-10,12-13H,11H2,1-3H3,(H,24,30)(H,25,26,29)/b5-4-. The zero-order valence-electron chi connectivity index (χ0n) is 17.5. The SMILES string of the molecule is C[B]n1ccc(C(=O)NCC(=O)Nc2nc(-c3ccc(/C=C\C)c(C(C)=O)c3)cs2)c1. The molecule has 0 saturated heterocycles. The third-order valence-electron chi connectivity index (χ3n) is 4.51. The number of rotatable bonds is 8. The summed E-state index contributed by atoms with van der Waals surface area (Å²) in [6, 6.07) is 7.25. The first-order chi connectivity index (χ1) is 14.9. The second-order valence-electron chi connectivity index (χ2n) is 6.73. The molecule has 2 heterocycles. The largest absolute Gasteiger partial charge is 0.402 e. The molecule has 9 heteroatoms. The van der Waals surface area contributed by atoms with Crippen LogP contribution in [0.25, 0.3) is 17.3 Å². The van der Waals surface area contributed by atoms with Crippen molar-refractivity contribution in [1.82, 2.24) is 14.8 Å². The first-order valence-corrected chi connectivity index (χ1v) is 10.6. The van der Waals surface area contributed by atoms with E-state index in [-0.39, 0.29) is 24.1 Å². The molecule has 1 aromatic carbocycles. The highest BCUT2D eigenvalue weighted by atomic mass is 32.1. The fourth-order valence-electron chi connectivity index (χ4n) is 2.94. The number of nitrogens with one attached hydrogen (secondary N) is 2. The number of allylic oxidation sites excluding steroid dienone is 1. The number of amides is 2. The quantitative estimate of drug-likeness (QED) is 0.418. The van der Waals surface area contributed by atoms with Crippen LogP contribution in [0.4, 0.5) is 5.13 Å². The topological polar surface area (TPSA) is 93.1 Å². The van der Waals surface area contributed by atoms with Gasteiger partial charge >= 0.3 is 0 Å². The molecule has 0 aliphatic carbocycles. The molecule has 0 aliphatic heterocycles. The molecule has 3 aromatic rings. The molecule has 0 aliphatic rings. The van der Waals surface area contributed by atoms with Crippen LogP contribution in [0.3, 0.4) is 0 Å². The Morgan fingerprint density at radius 2 is 2.06 bits per heavy atom. The normalized spacial score (nSPS) is 10.8. The third-order valence-corrected chi connectivity index (χ3v) is 5.27. The molecule has 0 fully saturated rings. The van der Waals surface area contributed by atoms with Gasteiger partial charge in [-0.3, -0.25) is 14.4 Å². The van der Waals surface area contributed by atoms with Crippen molar-refractivity contribution in [2.75, 3.05) is 11.9 Å². The Morgan fingerprint density at radius 3 is 2.74 bits per heavy atom. The van der Waals surface area contributed by atoms with Gasteiger partial charge in [0.15, 0.2) is 10.9 Å². The van der Waals surface area contributed by atoms with Crippen LogP contribution >= 0.6 is 11.3 Å². The van der Waals surface area contributed by atoms with Crippen molar-refractivity contribution in [3.8, 4) is 11.3 Å². The predicted octanol–water partition coefficient (Wildman–Crippen LogP) is 3.73. The minimum atomic E-state index is -0.372. The summed E-state index contributed by atoms with van der Waals surface area (Å²) in [7, 11) is 1.82. The Bertz CT molecular complexity index is 1150. The van der Waals surface area contributed by atoms with Gasteiger partial charge in [0.1, 0.15) is 0 Å². The molecular formula is C22H22BN4O3S. The van der Waals surface area contributed by atoms with E-state index >= 15 is 0 Å². The van der Waals surface area contributed by atoms with Crippen molar-refractivity contribution in [1.29, 1.82) is 0 Å². The molecule has 157 valence electrons. The average Bonchev–Trinajstić information content (AvgIpc) is 3.42. The number of benzene rings is 1. The highest BCUT2D eigenvalue weighted by Gasteiger charge is 2.13. The number of hydrogen-bond donors (Lipinski definition) is 2. The summed E-state index contributed by atoms with van der Waals surface area (Å²) in [5.41, 5.74) is 3.40. The zero-order chi connectivity index (χ0) is 22.4. The Labute approximate surface area is 185 Å². The third kappa shape index (κ3) is 5.58. The molecule has 3 rings (SSSR count). The maximum atomic E-state index is 12.2. The summed E-state index contributed by atoms with van der Waals surface area (Å²) >= 11 is 1.28. The van der Waals surface area contributed by atoms with E-state index in [1.807, 2.05) is 50.8 Å². The molecule has 0 atom stereocenters. The second-order valence-corrected chi connectivity index (χ2v) is 7.59. The van der Waals surface area contributed by atoms with Gasteiger partial charge in [-0.25, -0.2) is 4.98 Å². The lowest BCUT2D eigenvalue weighted by molar-refractivity contribution is -0.115. The van der Waals surface area contributed by atoms with E-state index < -0.39 is 0 Å². The minimum Gasteiger partial charge on any atom is -0.402 e. The number of thiazole rings is 1. The van der Waals surface area contributed by atoms with Crippen molar-refractivity contribution >= 4 is 47.6 Å². The molecule has 2 aromatic heterocycles. The van der Waals surface area contributed by atoms with E-state index in [4.69, 9.17) is 0 Å². The fourth-order valence-corrected chi connectivity index (χ4v) is 3.68. The Hall–Kier alpha value is -3.46. The number of hydrogen-bond acceptors (Lipinski definition) is 5. The monoisotopic (exact) mass is 433 g/mol. The number of carbonyl (C=O) groups excluding carboxylic acids is 3. The summed E-state index contributed by atoms with van der Waals surface area (Å²) in [6.45, 7) is 5.12. The number of aromatic nitrogens is 2. The van der Waals surface area contributed by atoms with E-state index in [0.717, 1.165) is 11.1 Å². The average molecular weight is 433 g/mol. The van der Waals surface area contributed by atoms with E-state index in [9.17, 15) is 14.4 Å². The molecular weight excluding hydrogens is 411 g/mol. The smallest absolute Gasteiger partial charge is 0.253 e. The van der Waals surface area contributed by atoms with Gasteiger partial charge in [0.2, 0.25) is 13.3 Å². The lowest BCUT2D eigenvalue weighted by Crippen LogP contribution is -2.32. The summed E-state index contributed by atoms with van der Waals surface area (Å²) in [5, 5.41) is 7.51. The Morgan fingerprint density at radius 1 is 1.26 bits per heavy atom. The van der Waals surface area contributed by atoms with E-state index in [0.29, 0.717) is 22.0 Å². The molecule has 2 amide bonds. The van der Waals surface area contributed by atoms with Crippen LogP contribution < -0.4 is 10.6 Å². The first kappa shape index (κ1) is 22.2. The molecule has 0 unspecified atom stereocenters. The van der Waals surface area contributed by atoms with Crippen LogP contribution in [-0.4, -0.2) is 41.0 Å². The van der Waals surface area contributed by atoms with Crippen LogP contribution in [0.15, 0.2) is 48.1 Å². The van der Waals surface area contributed by atoms with Gasteiger partial charge in [-0.2, -0.15) is 0 Å². The van der Waals surface area contributed by atoms with Crippen LogP contribution in [0.5, 0.6) is 0 Å². The van der Waals surface area contributed by atoms with Crippen molar-refractivity contribution in [3.63, 3.8) is 0 Å². The van der Waals surface area contributed by atoms with Gasteiger partial charge in [-0.1, -0.05) is 31.1 Å². The number of anilines is 1. The second kappa shape index (κ2) is 10.0. The lowest BCUT2D eigenvalue weighted by Gasteiger charge is -2.06. The molecule has 0 saturated carbocycles. The minimum absolute atomic E-state index is 0.0263. The summed E-state index contributed by atoms with van der Waals surface area (Å²) < 4.78 is 1.76. The Balaban J connectivity index is 1.63. The highest BCUT2D eigenvalue weighted by molar-refractivity contribution is 7.14. The molecule has 1 radical (unpaired) electrons. The van der Waals surface area contributed by atoms with E-state index in [1.54, 1.807) is 29.0 Å². The summed E-state index contributed by atoms with van der Waals surface area (Å²) in [6.07, 6.45) is 7.21. The highest BCUT2D eigenvalue weighted by Crippen LogP contribution is 2.27. The van der Waals surface area contributed by atoms with Crippen LogP contribution in [0, 0.1) is 0 Å². The van der Waals surface area contributed by atoms with Crippen molar-refractivity contribution in [2.45, 2.75) is 20.7 Å². The van der Waals surface area contributed by atoms with E-state index in [2.05, 4.69) is 15.6 Å².